The fraction of sp³-hybridized carbons (Fsp3) is 0.238. The summed E-state index contributed by atoms with van der Waals surface area (Å²) in [6.45, 7) is 2.87. The van der Waals surface area contributed by atoms with E-state index < -0.39 is 22.6 Å². The summed E-state index contributed by atoms with van der Waals surface area (Å²) in [5.41, 5.74) is -0.293. The van der Waals surface area contributed by atoms with Gasteiger partial charge < -0.3 is 18.9 Å². The van der Waals surface area contributed by atoms with Crippen LogP contribution in [0.4, 0.5) is 5.69 Å². The number of rotatable bonds is 6. The van der Waals surface area contributed by atoms with Crippen molar-refractivity contribution in [2.45, 2.75) is 29.4 Å². The van der Waals surface area contributed by atoms with Crippen LogP contribution < -0.4 is 9.47 Å². The van der Waals surface area contributed by atoms with Crippen LogP contribution >= 0.6 is 11.8 Å². The van der Waals surface area contributed by atoms with Crippen LogP contribution in [0.1, 0.15) is 19.4 Å². The van der Waals surface area contributed by atoms with Crippen LogP contribution in [0, 0.1) is 10.1 Å². The van der Waals surface area contributed by atoms with Crippen molar-refractivity contribution >= 4 is 35.5 Å². The maximum atomic E-state index is 12.3. The molecule has 1 fully saturated rings. The molecule has 2 aromatic rings. The highest BCUT2D eigenvalue weighted by atomic mass is 32.2. The Balaban J connectivity index is 2.08. The first kappa shape index (κ1) is 22.2. The summed E-state index contributed by atoms with van der Waals surface area (Å²) >= 11 is 1.23. The van der Waals surface area contributed by atoms with Crippen LogP contribution in [-0.4, -0.2) is 36.9 Å². The Kier molecular flexibility index (Phi) is 6.21. The molecule has 1 aliphatic heterocycles. The summed E-state index contributed by atoms with van der Waals surface area (Å²) in [6, 6.07) is 9.32. The molecule has 0 N–H and O–H groups in total. The summed E-state index contributed by atoms with van der Waals surface area (Å²) in [5, 5.41) is 11.3. The largest absolute Gasteiger partial charge is 0.497 e. The molecule has 3 rings (SSSR count). The Labute approximate surface area is 182 Å². The quantitative estimate of drug-likeness (QED) is 0.214. The summed E-state index contributed by atoms with van der Waals surface area (Å²) in [7, 11) is 3.04. The first-order chi connectivity index (χ1) is 14.6. The first-order valence-corrected chi connectivity index (χ1v) is 9.82. The number of non-ortho nitro benzene ring substituents is 1. The van der Waals surface area contributed by atoms with Crippen molar-refractivity contribution in [2.24, 2.45) is 0 Å². The molecule has 31 heavy (non-hydrogen) atoms. The minimum atomic E-state index is -1.39. The zero-order valence-electron chi connectivity index (χ0n) is 17.2. The lowest BCUT2D eigenvalue weighted by Crippen LogP contribution is -2.41. The van der Waals surface area contributed by atoms with E-state index in [-0.39, 0.29) is 16.8 Å². The van der Waals surface area contributed by atoms with Crippen LogP contribution in [0.3, 0.4) is 0 Å². The number of ether oxygens (including phenoxy) is 4. The van der Waals surface area contributed by atoms with E-state index in [1.165, 1.54) is 64.1 Å². The lowest BCUT2D eigenvalue weighted by Gasteiger charge is -2.29. The van der Waals surface area contributed by atoms with E-state index in [2.05, 4.69) is 0 Å². The van der Waals surface area contributed by atoms with Gasteiger partial charge in [0, 0.05) is 30.9 Å². The average molecular weight is 445 g/mol. The third kappa shape index (κ3) is 4.97. The zero-order valence-corrected chi connectivity index (χ0v) is 18.0. The summed E-state index contributed by atoms with van der Waals surface area (Å²) in [6.07, 6.45) is 1.22. The third-order valence-electron chi connectivity index (χ3n) is 4.21. The van der Waals surface area contributed by atoms with Gasteiger partial charge in [-0.1, -0.05) is 11.8 Å². The predicted molar refractivity (Wildman–Crippen MR) is 111 cm³/mol. The Morgan fingerprint density at radius 2 is 1.68 bits per heavy atom. The molecule has 1 aliphatic rings. The van der Waals surface area contributed by atoms with Gasteiger partial charge in [0.15, 0.2) is 0 Å². The number of nitro groups is 1. The van der Waals surface area contributed by atoms with Crippen LogP contribution in [0.15, 0.2) is 51.8 Å². The van der Waals surface area contributed by atoms with Gasteiger partial charge in [-0.15, -0.1) is 0 Å². The van der Waals surface area contributed by atoms with Crippen molar-refractivity contribution in [3.05, 3.63) is 57.6 Å². The average Bonchev–Trinajstić information content (AvgIpc) is 2.70. The molecule has 0 unspecified atom stereocenters. The van der Waals surface area contributed by atoms with Gasteiger partial charge in [0.1, 0.15) is 17.1 Å². The number of cyclic esters (lactones) is 2. The second-order valence-electron chi connectivity index (χ2n) is 6.83. The number of carbonyl (C=O) groups is 2. The van der Waals surface area contributed by atoms with E-state index in [1.54, 1.807) is 18.2 Å². The minimum absolute atomic E-state index is 0.202. The molecule has 0 saturated carbocycles. The van der Waals surface area contributed by atoms with Gasteiger partial charge in [-0.2, -0.15) is 0 Å². The van der Waals surface area contributed by atoms with Gasteiger partial charge in [0.05, 0.1) is 24.0 Å². The van der Waals surface area contributed by atoms with Gasteiger partial charge in [-0.25, -0.2) is 9.59 Å². The third-order valence-corrected chi connectivity index (χ3v) is 5.34. The Hall–Kier alpha value is -3.53. The molecule has 0 spiro atoms. The van der Waals surface area contributed by atoms with E-state index in [0.717, 1.165) is 0 Å². The standard InChI is InChI=1S/C21H19NO8S/c1-21(2)29-19(23)15(20(24)30-21)10-12-9-13(22(25)26)5-8-17(12)31-18-11-14(27-3)6-7-16(18)28-4/h5-11H,1-4H3. The first-order valence-electron chi connectivity index (χ1n) is 9.00. The molecule has 0 bridgehead atoms. The van der Waals surface area contributed by atoms with Gasteiger partial charge in [0.25, 0.3) is 11.5 Å². The van der Waals surface area contributed by atoms with E-state index in [9.17, 15) is 19.7 Å². The maximum Gasteiger partial charge on any atom is 0.348 e. The smallest absolute Gasteiger partial charge is 0.348 e. The molecule has 0 radical (unpaired) electrons. The molecule has 0 aliphatic carbocycles. The summed E-state index contributed by atoms with van der Waals surface area (Å²) < 4.78 is 20.8. The number of hydrogen-bond donors (Lipinski definition) is 0. The van der Waals surface area contributed by atoms with E-state index >= 15 is 0 Å². The highest BCUT2D eigenvalue weighted by molar-refractivity contribution is 7.99. The van der Waals surface area contributed by atoms with E-state index in [1.807, 2.05) is 0 Å². The highest BCUT2D eigenvalue weighted by Gasteiger charge is 2.39. The fourth-order valence-corrected chi connectivity index (χ4v) is 3.81. The molecule has 9 nitrogen and oxygen atoms in total. The number of benzene rings is 2. The number of nitro benzene ring substituents is 1. The van der Waals surface area contributed by atoms with Gasteiger partial charge in [0.2, 0.25) is 0 Å². The van der Waals surface area contributed by atoms with Crippen molar-refractivity contribution in [3.8, 4) is 11.5 Å². The molecule has 0 aromatic heterocycles. The summed E-state index contributed by atoms with van der Waals surface area (Å²) in [5.74, 6) is -1.99. The summed E-state index contributed by atoms with van der Waals surface area (Å²) in [4.78, 5) is 36.6. The number of esters is 2. The van der Waals surface area contributed by atoms with Crippen LogP contribution in [0.2, 0.25) is 0 Å². The van der Waals surface area contributed by atoms with E-state index in [4.69, 9.17) is 18.9 Å². The highest BCUT2D eigenvalue weighted by Crippen LogP contribution is 2.40. The minimum Gasteiger partial charge on any atom is -0.497 e. The molecule has 2 aromatic carbocycles. The SMILES string of the molecule is COc1ccc(OC)c(Sc2ccc([N+](=O)[O-])cc2C=C2C(=O)OC(C)(C)OC2=O)c1. The number of nitrogens with zero attached hydrogens (tertiary/aromatic N) is 1. The Morgan fingerprint density at radius 1 is 1.00 bits per heavy atom. The number of hydrogen-bond acceptors (Lipinski definition) is 9. The normalized spacial score (nSPS) is 15.0. The monoisotopic (exact) mass is 445 g/mol. The van der Waals surface area contributed by atoms with Crippen LogP contribution in [0.25, 0.3) is 6.08 Å². The number of methoxy groups -OCH3 is 2. The van der Waals surface area contributed by atoms with Crippen LogP contribution in [-0.2, 0) is 19.1 Å². The topological polar surface area (TPSA) is 114 Å². The number of carbonyl (C=O) groups excluding carboxylic acids is 2. The maximum absolute atomic E-state index is 12.3. The molecule has 0 amide bonds. The van der Waals surface area contributed by atoms with Gasteiger partial charge >= 0.3 is 11.9 Å². The zero-order chi connectivity index (χ0) is 22.8. The molecule has 162 valence electrons. The molecule has 0 atom stereocenters. The molecule has 1 heterocycles. The molecule has 1 saturated heterocycles. The fourth-order valence-electron chi connectivity index (χ4n) is 2.77. The molecule has 10 heteroatoms. The Morgan fingerprint density at radius 3 is 2.26 bits per heavy atom. The van der Waals surface area contributed by atoms with E-state index in [0.29, 0.717) is 21.3 Å². The van der Waals surface area contributed by atoms with Crippen molar-refractivity contribution in [1.29, 1.82) is 0 Å². The molecular weight excluding hydrogens is 426 g/mol. The molecular formula is C21H19NO8S. The lowest BCUT2D eigenvalue weighted by molar-refractivity contribution is -0.384. The van der Waals surface area contributed by atoms with Gasteiger partial charge in [-0.3, -0.25) is 10.1 Å². The van der Waals surface area contributed by atoms with Crippen molar-refractivity contribution in [1.82, 2.24) is 0 Å². The van der Waals surface area contributed by atoms with Crippen molar-refractivity contribution < 1.29 is 33.5 Å². The van der Waals surface area contributed by atoms with Gasteiger partial charge in [-0.05, 0) is 35.9 Å². The van der Waals surface area contributed by atoms with Crippen LogP contribution in [0.5, 0.6) is 11.5 Å². The predicted octanol–water partition coefficient (Wildman–Crippen LogP) is 3.98. The van der Waals surface area contributed by atoms with Crippen molar-refractivity contribution in [3.63, 3.8) is 0 Å². The van der Waals surface area contributed by atoms with Crippen molar-refractivity contribution in [2.75, 3.05) is 14.2 Å². The Bertz CT molecular complexity index is 1070. The second-order valence-corrected chi connectivity index (χ2v) is 7.92. The lowest BCUT2D eigenvalue weighted by atomic mass is 10.1. The second kappa shape index (κ2) is 8.68.